The summed E-state index contributed by atoms with van der Waals surface area (Å²) in [7, 11) is 0. The van der Waals surface area contributed by atoms with Gasteiger partial charge >= 0.3 is 5.97 Å². The Kier molecular flexibility index (Phi) is 4.99. The van der Waals surface area contributed by atoms with Gasteiger partial charge in [0.25, 0.3) is 5.91 Å². The molecule has 0 radical (unpaired) electrons. The molecule has 0 unspecified atom stereocenters. The topological polar surface area (TPSA) is 66.4 Å². The number of hydrogen-bond acceptors (Lipinski definition) is 3. The van der Waals surface area contributed by atoms with Crippen LogP contribution in [0.2, 0.25) is 0 Å². The van der Waals surface area contributed by atoms with Crippen LogP contribution in [0.3, 0.4) is 0 Å². The van der Waals surface area contributed by atoms with E-state index in [1.54, 1.807) is 11.4 Å². The predicted molar refractivity (Wildman–Crippen MR) is 77.5 cm³/mol. The lowest BCUT2D eigenvalue weighted by Crippen LogP contribution is -2.42. The molecule has 1 aliphatic rings. The van der Waals surface area contributed by atoms with E-state index in [1.807, 2.05) is 0 Å². The number of carboxylic acids is 1. The summed E-state index contributed by atoms with van der Waals surface area (Å²) in [5.41, 5.74) is 0.588. The van der Waals surface area contributed by atoms with Crippen LogP contribution in [-0.4, -0.2) is 23.0 Å². The smallest absolute Gasteiger partial charge is 0.308 e. The van der Waals surface area contributed by atoms with Gasteiger partial charge in [-0.2, -0.15) is 0 Å². The van der Waals surface area contributed by atoms with E-state index in [0.717, 1.165) is 29.5 Å². The molecule has 1 aromatic heterocycles. The number of carbonyl (C=O) groups excluding carboxylic acids is 1. The normalized spacial score (nSPS) is 23.6. The number of halogens is 1. The van der Waals surface area contributed by atoms with Gasteiger partial charge in [0.05, 0.1) is 15.3 Å². The lowest BCUT2D eigenvalue weighted by molar-refractivity contribution is -0.142. The summed E-state index contributed by atoms with van der Waals surface area (Å²) in [6.45, 7) is 0. The Hall–Kier alpha value is -0.880. The Labute approximate surface area is 124 Å². The van der Waals surface area contributed by atoms with Crippen molar-refractivity contribution < 1.29 is 14.7 Å². The van der Waals surface area contributed by atoms with E-state index < -0.39 is 11.9 Å². The zero-order valence-corrected chi connectivity index (χ0v) is 12.8. The van der Waals surface area contributed by atoms with Crippen LogP contribution in [0, 0.1) is 5.92 Å². The van der Waals surface area contributed by atoms with Crippen molar-refractivity contribution in [3.05, 3.63) is 20.8 Å². The molecule has 0 saturated heterocycles. The van der Waals surface area contributed by atoms with Crippen molar-refractivity contribution in [2.75, 3.05) is 0 Å². The molecule has 19 heavy (non-hydrogen) atoms. The maximum atomic E-state index is 12.1. The van der Waals surface area contributed by atoms with Gasteiger partial charge in [-0.15, -0.1) is 11.3 Å². The lowest BCUT2D eigenvalue weighted by Gasteiger charge is -2.22. The molecule has 6 heteroatoms. The number of carboxylic acid groups (broad SMARTS) is 1. The molecule has 1 saturated carbocycles. The molecule has 1 aromatic rings. The highest BCUT2D eigenvalue weighted by molar-refractivity contribution is 9.11. The standard InChI is InChI=1S/C13H16BrNO3S/c14-11-6-8(7-19-11)12(16)15-10-5-3-1-2-4-9(10)13(17)18/h6-7,9-10H,1-5H2,(H,15,16)(H,17,18)/t9-,10+/m1/s1. The number of nitrogens with one attached hydrogen (secondary N) is 1. The minimum atomic E-state index is -0.807. The number of hydrogen-bond donors (Lipinski definition) is 2. The first-order valence-electron chi connectivity index (χ1n) is 6.35. The van der Waals surface area contributed by atoms with Gasteiger partial charge in [0.1, 0.15) is 0 Å². The van der Waals surface area contributed by atoms with Crippen LogP contribution in [0.4, 0.5) is 0 Å². The number of amides is 1. The van der Waals surface area contributed by atoms with Crippen LogP contribution in [0.15, 0.2) is 15.2 Å². The first kappa shape index (κ1) is 14.5. The third-order valence-corrected chi connectivity index (χ3v) is 4.98. The number of carbonyl (C=O) groups is 2. The SMILES string of the molecule is O=C(N[C@H]1CCCCC[C@H]1C(=O)O)c1csc(Br)c1. The molecule has 2 rings (SSSR count). The summed E-state index contributed by atoms with van der Waals surface area (Å²) < 4.78 is 0.897. The molecule has 1 aliphatic carbocycles. The van der Waals surface area contributed by atoms with E-state index in [-0.39, 0.29) is 11.9 Å². The van der Waals surface area contributed by atoms with Gasteiger partial charge in [0.2, 0.25) is 0 Å². The average Bonchev–Trinajstić information content (AvgIpc) is 2.65. The van der Waals surface area contributed by atoms with Crippen molar-refractivity contribution in [2.45, 2.75) is 38.1 Å². The van der Waals surface area contributed by atoms with Gasteiger partial charge in [0.15, 0.2) is 0 Å². The summed E-state index contributed by atoms with van der Waals surface area (Å²) in [5, 5.41) is 13.9. The van der Waals surface area contributed by atoms with E-state index in [9.17, 15) is 14.7 Å². The molecular weight excluding hydrogens is 330 g/mol. The zero-order valence-electron chi connectivity index (χ0n) is 10.4. The second-order valence-corrected chi connectivity index (χ2v) is 7.09. The van der Waals surface area contributed by atoms with E-state index in [4.69, 9.17) is 0 Å². The monoisotopic (exact) mass is 345 g/mol. The molecule has 0 spiro atoms. The fourth-order valence-corrected chi connectivity index (χ4v) is 3.59. The molecule has 2 N–H and O–H groups in total. The third kappa shape index (κ3) is 3.79. The van der Waals surface area contributed by atoms with Crippen LogP contribution in [0.25, 0.3) is 0 Å². The van der Waals surface area contributed by atoms with Crippen molar-refractivity contribution >= 4 is 39.1 Å². The minimum Gasteiger partial charge on any atom is -0.481 e. The van der Waals surface area contributed by atoms with Crippen molar-refractivity contribution in [1.29, 1.82) is 0 Å². The van der Waals surface area contributed by atoms with Gasteiger partial charge in [-0.1, -0.05) is 19.3 Å². The van der Waals surface area contributed by atoms with Gasteiger partial charge < -0.3 is 10.4 Å². The summed E-state index contributed by atoms with van der Waals surface area (Å²) in [4.78, 5) is 23.4. The van der Waals surface area contributed by atoms with Gasteiger partial charge in [0, 0.05) is 11.4 Å². The maximum Gasteiger partial charge on any atom is 0.308 e. The highest BCUT2D eigenvalue weighted by Gasteiger charge is 2.30. The highest BCUT2D eigenvalue weighted by Crippen LogP contribution is 2.25. The Bertz CT molecular complexity index is 474. The van der Waals surface area contributed by atoms with Gasteiger partial charge in [-0.05, 0) is 34.8 Å². The van der Waals surface area contributed by atoms with Crippen molar-refractivity contribution in [3.63, 3.8) is 0 Å². The molecule has 1 heterocycles. The molecular formula is C13H16BrNO3S. The molecule has 1 fully saturated rings. The fourth-order valence-electron chi connectivity index (χ4n) is 2.46. The summed E-state index contributed by atoms with van der Waals surface area (Å²) in [6.07, 6.45) is 4.33. The second kappa shape index (κ2) is 6.52. The Morgan fingerprint density at radius 1 is 1.32 bits per heavy atom. The van der Waals surface area contributed by atoms with Crippen LogP contribution < -0.4 is 5.32 Å². The summed E-state index contributed by atoms with van der Waals surface area (Å²) in [5.74, 6) is -1.45. The second-order valence-electron chi connectivity index (χ2n) is 4.80. The van der Waals surface area contributed by atoms with E-state index in [2.05, 4.69) is 21.2 Å². The van der Waals surface area contributed by atoms with Crippen molar-refractivity contribution in [1.82, 2.24) is 5.32 Å². The highest BCUT2D eigenvalue weighted by atomic mass is 79.9. The van der Waals surface area contributed by atoms with Crippen LogP contribution in [-0.2, 0) is 4.79 Å². The van der Waals surface area contributed by atoms with Gasteiger partial charge in [-0.3, -0.25) is 9.59 Å². The fraction of sp³-hybridized carbons (Fsp3) is 0.538. The Balaban J connectivity index is 2.06. The Morgan fingerprint density at radius 3 is 2.68 bits per heavy atom. The van der Waals surface area contributed by atoms with Crippen LogP contribution in [0.5, 0.6) is 0 Å². The quantitative estimate of drug-likeness (QED) is 0.826. The molecule has 4 nitrogen and oxygen atoms in total. The molecule has 2 atom stereocenters. The predicted octanol–water partition coefficient (Wildman–Crippen LogP) is 3.27. The van der Waals surface area contributed by atoms with Crippen molar-refractivity contribution in [2.24, 2.45) is 5.92 Å². The first-order valence-corrected chi connectivity index (χ1v) is 8.03. The number of rotatable bonds is 3. The maximum absolute atomic E-state index is 12.1. The Morgan fingerprint density at radius 2 is 2.05 bits per heavy atom. The summed E-state index contributed by atoms with van der Waals surface area (Å²) in [6, 6.07) is 1.50. The average molecular weight is 346 g/mol. The minimum absolute atomic E-state index is 0.180. The van der Waals surface area contributed by atoms with E-state index in [1.165, 1.54) is 11.3 Å². The first-order chi connectivity index (χ1) is 9.08. The molecule has 0 aromatic carbocycles. The van der Waals surface area contributed by atoms with E-state index in [0.29, 0.717) is 12.0 Å². The van der Waals surface area contributed by atoms with Crippen LogP contribution in [0.1, 0.15) is 42.5 Å². The molecule has 0 bridgehead atoms. The molecule has 1 amide bonds. The lowest BCUT2D eigenvalue weighted by atomic mass is 9.94. The van der Waals surface area contributed by atoms with E-state index >= 15 is 0 Å². The largest absolute Gasteiger partial charge is 0.481 e. The number of aliphatic carboxylic acids is 1. The zero-order chi connectivity index (χ0) is 13.8. The summed E-state index contributed by atoms with van der Waals surface area (Å²) >= 11 is 4.76. The van der Waals surface area contributed by atoms with Crippen LogP contribution >= 0.6 is 27.3 Å². The number of thiophene rings is 1. The molecule has 0 aliphatic heterocycles. The van der Waals surface area contributed by atoms with Crippen molar-refractivity contribution in [3.8, 4) is 0 Å². The molecule has 104 valence electrons. The van der Waals surface area contributed by atoms with Gasteiger partial charge in [-0.25, -0.2) is 0 Å². The third-order valence-electron chi connectivity index (χ3n) is 3.48.